The summed E-state index contributed by atoms with van der Waals surface area (Å²) in [5.41, 5.74) is 0. The smallest absolute Gasteiger partial charge is 0.0699 e. The van der Waals surface area contributed by atoms with E-state index in [1.54, 1.807) is 0 Å². The molecule has 1 fully saturated rings. The summed E-state index contributed by atoms with van der Waals surface area (Å²) in [5, 5.41) is 8.49. The number of rotatable bonds is 0. The molecule has 1 saturated carbocycles. The molecule has 0 aromatic rings. The Labute approximate surface area is 57.5 Å². The second-order valence-corrected chi connectivity index (χ2v) is 2.74. The molecular formula is C7H10BN. The van der Waals surface area contributed by atoms with Gasteiger partial charge in [-0.25, -0.2) is 0 Å². The van der Waals surface area contributed by atoms with E-state index in [0.29, 0.717) is 11.7 Å². The van der Waals surface area contributed by atoms with Crippen LogP contribution in [0.1, 0.15) is 25.7 Å². The number of hydrogen-bond donors (Lipinski definition) is 0. The lowest BCUT2D eigenvalue weighted by atomic mass is 9.72. The summed E-state index contributed by atoms with van der Waals surface area (Å²) >= 11 is 0. The highest BCUT2D eigenvalue weighted by atomic mass is 14.3. The molecule has 0 bridgehead atoms. The number of nitrogens with zero attached hydrogens (tertiary/aromatic N) is 1. The van der Waals surface area contributed by atoms with E-state index >= 15 is 0 Å². The van der Waals surface area contributed by atoms with E-state index in [9.17, 15) is 0 Å². The molecule has 1 nitrogen and oxygen atoms in total. The summed E-state index contributed by atoms with van der Waals surface area (Å²) < 4.78 is 0. The van der Waals surface area contributed by atoms with Crippen LogP contribution in [-0.2, 0) is 0 Å². The van der Waals surface area contributed by atoms with E-state index < -0.39 is 0 Å². The van der Waals surface area contributed by atoms with Crippen LogP contribution in [-0.4, -0.2) is 7.85 Å². The minimum atomic E-state index is 0.296. The zero-order valence-corrected chi connectivity index (χ0v) is 5.51. The first kappa shape index (κ1) is 6.67. The molecule has 46 valence electrons. The van der Waals surface area contributed by atoms with Crippen molar-refractivity contribution < 1.29 is 0 Å². The monoisotopic (exact) mass is 119 g/mol. The van der Waals surface area contributed by atoms with E-state index in [-0.39, 0.29) is 0 Å². The molecule has 2 heteroatoms. The van der Waals surface area contributed by atoms with Crippen molar-refractivity contribution in [3.63, 3.8) is 0 Å². The number of hydrogen-bond acceptors (Lipinski definition) is 1. The largest absolute Gasteiger partial charge is 0.198 e. The molecule has 0 N–H and O–H groups in total. The van der Waals surface area contributed by atoms with Crippen LogP contribution in [0.15, 0.2) is 0 Å². The van der Waals surface area contributed by atoms with E-state index in [4.69, 9.17) is 13.1 Å². The van der Waals surface area contributed by atoms with Gasteiger partial charge in [-0.1, -0.05) is 18.7 Å². The van der Waals surface area contributed by atoms with E-state index in [0.717, 1.165) is 25.7 Å². The van der Waals surface area contributed by atoms with Crippen molar-refractivity contribution in [2.75, 3.05) is 0 Å². The molecule has 9 heavy (non-hydrogen) atoms. The molecule has 0 atom stereocenters. The van der Waals surface area contributed by atoms with Gasteiger partial charge in [0.05, 0.1) is 13.9 Å². The van der Waals surface area contributed by atoms with Crippen molar-refractivity contribution in [2.24, 2.45) is 5.92 Å². The van der Waals surface area contributed by atoms with Crippen LogP contribution in [0.2, 0.25) is 5.82 Å². The van der Waals surface area contributed by atoms with Crippen molar-refractivity contribution in [1.82, 2.24) is 0 Å². The van der Waals surface area contributed by atoms with Gasteiger partial charge in [0.1, 0.15) is 0 Å². The quantitative estimate of drug-likeness (QED) is 0.444. The van der Waals surface area contributed by atoms with Crippen molar-refractivity contribution in [3.8, 4) is 6.07 Å². The maximum atomic E-state index is 8.49. The first-order valence-electron chi connectivity index (χ1n) is 3.48. The van der Waals surface area contributed by atoms with Gasteiger partial charge >= 0.3 is 0 Å². The van der Waals surface area contributed by atoms with Gasteiger partial charge in [0.15, 0.2) is 0 Å². The van der Waals surface area contributed by atoms with Gasteiger partial charge in [0, 0.05) is 5.92 Å². The van der Waals surface area contributed by atoms with Crippen LogP contribution in [0.5, 0.6) is 0 Å². The van der Waals surface area contributed by atoms with Crippen molar-refractivity contribution >= 4 is 7.85 Å². The normalized spacial score (nSPS) is 35.4. The van der Waals surface area contributed by atoms with Gasteiger partial charge in [0.2, 0.25) is 0 Å². The molecule has 1 aliphatic carbocycles. The Balaban J connectivity index is 2.28. The lowest BCUT2D eigenvalue weighted by molar-refractivity contribution is 0.427. The molecule has 0 aromatic heterocycles. The predicted molar refractivity (Wildman–Crippen MR) is 37.1 cm³/mol. The Morgan fingerprint density at radius 3 is 2.22 bits per heavy atom. The van der Waals surface area contributed by atoms with Crippen LogP contribution >= 0.6 is 0 Å². The van der Waals surface area contributed by atoms with Crippen LogP contribution in [0.4, 0.5) is 0 Å². The topological polar surface area (TPSA) is 23.8 Å². The van der Waals surface area contributed by atoms with Gasteiger partial charge in [-0.15, -0.1) is 0 Å². The molecule has 0 amide bonds. The summed E-state index contributed by atoms with van der Waals surface area (Å²) in [5.74, 6) is 0.666. The van der Waals surface area contributed by atoms with Crippen LogP contribution in [0, 0.1) is 17.2 Å². The third kappa shape index (κ3) is 1.75. The fourth-order valence-electron chi connectivity index (χ4n) is 1.25. The maximum absolute atomic E-state index is 8.49. The Morgan fingerprint density at radius 2 is 1.78 bits per heavy atom. The molecule has 0 aromatic carbocycles. The summed E-state index contributed by atoms with van der Waals surface area (Å²) in [6.07, 6.45) is 4.10. The van der Waals surface area contributed by atoms with Gasteiger partial charge < -0.3 is 0 Å². The Morgan fingerprint density at radius 1 is 1.22 bits per heavy atom. The minimum Gasteiger partial charge on any atom is -0.198 e. The Kier molecular flexibility index (Phi) is 2.16. The molecule has 0 heterocycles. The molecule has 0 unspecified atom stereocenters. The third-order valence-corrected chi connectivity index (χ3v) is 1.95. The van der Waals surface area contributed by atoms with Crippen molar-refractivity contribution in [1.29, 1.82) is 5.26 Å². The summed E-state index contributed by atoms with van der Waals surface area (Å²) in [4.78, 5) is 0. The van der Waals surface area contributed by atoms with Crippen LogP contribution in [0.25, 0.3) is 0 Å². The molecule has 0 spiro atoms. The molecule has 1 aliphatic rings. The SMILES string of the molecule is [B]C1CCC(C#N)CC1. The van der Waals surface area contributed by atoms with Gasteiger partial charge in [0.25, 0.3) is 0 Å². The molecule has 2 radical (unpaired) electrons. The molecular weight excluding hydrogens is 109 g/mol. The fourth-order valence-corrected chi connectivity index (χ4v) is 1.25. The predicted octanol–water partition coefficient (Wildman–Crippen LogP) is 1.66. The van der Waals surface area contributed by atoms with E-state index in [2.05, 4.69) is 6.07 Å². The molecule has 1 rings (SSSR count). The van der Waals surface area contributed by atoms with Gasteiger partial charge in [-0.05, 0) is 12.8 Å². The lowest BCUT2D eigenvalue weighted by Gasteiger charge is -2.20. The summed E-state index contributed by atoms with van der Waals surface area (Å²) in [6.45, 7) is 0. The maximum Gasteiger partial charge on any atom is 0.0699 e. The average molecular weight is 119 g/mol. The highest BCUT2D eigenvalue weighted by Crippen LogP contribution is 2.29. The van der Waals surface area contributed by atoms with E-state index in [1.807, 2.05) is 0 Å². The standard InChI is InChI=1S/C7H10BN/c8-7-3-1-6(5-9)2-4-7/h6-7H,1-4H2. The molecule has 0 aliphatic heterocycles. The lowest BCUT2D eigenvalue weighted by Crippen LogP contribution is -2.08. The van der Waals surface area contributed by atoms with Crippen molar-refractivity contribution in [2.45, 2.75) is 31.5 Å². The fraction of sp³-hybridized carbons (Fsp3) is 0.857. The minimum absolute atomic E-state index is 0.296. The zero-order valence-electron chi connectivity index (χ0n) is 5.51. The van der Waals surface area contributed by atoms with Gasteiger partial charge in [-0.2, -0.15) is 5.26 Å². The summed E-state index contributed by atoms with van der Waals surface area (Å²) in [6, 6.07) is 2.27. The number of nitriles is 1. The molecule has 0 saturated heterocycles. The first-order valence-corrected chi connectivity index (χ1v) is 3.48. The average Bonchev–Trinajstić information content (AvgIpc) is 1.90. The van der Waals surface area contributed by atoms with Crippen LogP contribution < -0.4 is 0 Å². The van der Waals surface area contributed by atoms with E-state index in [1.165, 1.54) is 0 Å². The third-order valence-electron chi connectivity index (χ3n) is 1.95. The van der Waals surface area contributed by atoms with Crippen LogP contribution in [0.3, 0.4) is 0 Å². The Hall–Kier alpha value is -0.445. The highest BCUT2D eigenvalue weighted by Gasteiger charge is 2.16. The van der Waals surface area contributed by atoms with Gasteiger partial charge in [-0.3, -0.25) is 0 Å². The van der Waals surface area contributed by atoms with Crippen molar-refractivity contribution in [3.05, 3.63) is 0 Å². The second kappa shape index (κ2) is 2.91. The Bertz CT molecular complexity index is 119. The second-order valence-electron chi connectivity index (χ2n) is 2.74. The first-order chi connectivity index (χ1) is 4.33. The summed E-state index contributed by atoms with van der Waals surface area (Å²) in [7, 11) is 5.64. The highest BCUT2D eigenvalue weighted by molar-refractivity contribution is 6.11. The zero-order chi connectivity index (χ0) is 6.69.